The lowest BCUT2D eigenvalue weighted by molar-refractivity contribution is -0.133. The SMILES string of the molecule is CCN(Cc1ccc(OC)cc1)C(=O)CCN1C(=O)NC2(CCCC2)C1=O. The second kappa shape index (κ2) is 7.98. The molecule has 0 aromatic heterocycles. The van der Waals surface area contributed by atoms with Gasteiger partial charge < -0.3 is 15.0 Å². The van der Waals surface area contributed by atoms with Crippen LogP contribution in [-0.2, 0) is 16.1 Å². The number of nitrogens with zero attached hydrogens (tertiary/aromatic N) is 2. The van der Waals surface area contributed by atoms with Crippen LogP contribution in [0.15, 0.2) is 24.3 Å². The van der Waals surface area contributed by atoms with Crippen molar-refractivity contribution in [3.05, 3.63) is 29.8 Å². The molecule has 1 spiro atoms. The third-order valence-corrected chi connectivity index (χ3v) is 5.52. The molecule has 0 radical (unpaired) electrons. The van der Waals surface area contributed by atoms with Crippen LogP contribution in [0.2, 0.25) is 0 Å². The van der Waals surface area contributed by atoms with E-state index in [0.29, 0.717) is 25.9 Å². The molecule has 1 N–H and O–H groups in total. The summed E-state index contributed by atoms with van der Waals surface area (Å²) in [6.45, 7) is 3.10. The first-order valence-electron chi connectivity index (χ1n) is 9.54. The van der Waals surface area contributed by atoms with E-state index in [2.05, 4.69) is 5.32 Å². The number of benzene rings is 1. The third-order valence-electron chi connectivity index (χ3n) is 5.52. The molecular formula is C20H27N3O4. The summed E-state index contributed by atoms with van der Waals surface area (Å²) in [6.07, 6.45) is 3.43. The first-order chi connectivity index (χ1) is 13.0. The van der Waals surface area contributed by atoms with Gasteiger partial charge in [-0.25, -0.2) is 4.79 Å². The van der Waals surface area contributed by atoms with Crippen molar-refractivity contribution in [1.82, 2.24) is 15.1 Å². The van der Waals surface area contributed by atoms with E-state index in [9.17, 15) is 14.4 Å². The largest absolute Gasteiger partial charge is 0.497 e. The minimum absolute atomic E-state index is 0.0683. The van der Waals surface area contributed by atoms with E-state index in [1.165, 1.54) is 4.90 Å². The van der Waals surface area contributed by atoms with Gasteiger partial charge in [0.15, 0.2) is 0 Å². The molecule has 7 nitrogen and oxygen atoms in total. The fourth-order valence-electron chi connectivity index (χ4n) is 3.89. The van der Waals surface area contributed by atoms with Crippen LogP contribution in [0.3, 0.4) is 0 Å². The number of carbonyl (C=O) groups excluding carboxylic acids is 3. The molecule has 7 heteroatoms. The van der Waals surface area contributed by atoms with Gasteiger partial charge in [0, 0.05) is 26.1 Å². The summed E-state index contributed by atoms with van der Waals surface area (Å²) in [5.41, 5.74) is 0.291. The van der Waals surface area contributed by atoms with E-state index in [1.54, 1.807) is 12.0 Å². The van der Waals surface area contributed by atoms with Gasteiger partial charge in [-0.3, -0.25) is 14.5 Å². The Morgan fingerprint density at radius 2 is 1.89 bits per heavy atom. The Kier molecular flexibility index (Phi) is 5.68. The quantitative estimate of drug-likeness (QED) is 0.744. The normalized spacial score (nSPS) is 18.1. The molecule has 2 fully saturated rings. The molecule has 27 heavy (non-hydrogen) atoms. The number of nitrogens with one attached hydrogen (secondary N) is 1. The molecule has 1 aromatic rings. The standard InChI is InChI=1S/C20H27N3O4/c1-3-22(14-15-6-8-16(27-2)9-7-15)17(24)10-13-23-18(25)20(21-19(23)26)11-4-5-12-20/h6-9H,3-5,10-14H2,1-2H3,(H,21,26). The molecule has 1 aromatic carbocycles. The molecule has 4 amide bonds. The average molecular weight is 373 g/mol. The number of methoxy groups -OCH3 is 1. The van der Waals surface area contributed by atoms with Crippen molar-refractivity contribution >= 4 is 17.8 Å². The van der Waals surface area contributed by atoms with Crippen LogP contribution in [0.25, 0.3) is 0 Å². The van der Waals surface area contributed by atoms with Crippen molar-refractivity contribution in [3.8, 4) is 5.75 Å². The Hall–Kier alpha value is -2.57. The lowest BCUT2D eigenvalue weighted by Gasteiger charge is -2.23. The molecule has 3 rings (SSSR count). The van der Waals surface area contributed by atoms with Gasteiger partial charge in [-0.1, -0.05) is 25.0 Å². The maximum atomic E-state index is 12.6. The monoisotopic (exact) mass is 373 g/mol. The van der Waals surface area contributed by atoms with E-state index in [1.807, 2.05) is 31.2 Å². The zero-order valence-corrected chi connectivity index (χ0v) is 16.0. The van der Waals surface area contributed by atoms with Crippen LogP contribution >= 0.6 is 0 Å². The lowest BCUT2D eigenvalue weighted by atomic mass is 9.98. The smallest absolute Gasteiger partial charge is 0.325 e. The maximum absolute atomic E-state index is 12.6. The van der Waals surface area contributed by atoms with Crippen LogP contribution in [0.4, 0.5) is 4.79 Å². The highest BCUT2D eigenvalue weighted by molar-refractivity contribution is 6.07. The fourth-order valence-corrected chi connectivity index (χ4v) is 3.89. The maximum Gasteiger partial charge on any atom is 0.325 e. The van der Waals surface area contributed by atoms with Gasteiger partial charge in [0.05, 0.1) is 7.11 Å². The number of rotatable bonds is 7. The first kappa shape index (κ1) is 19.2. The zero-order valence-electron chi connectivity index (χ0n) is 16.0. The number of hydrogen-bond acceptors (Lipinski definition) is 4. The second-order valence-electron chi connectivity index (χ2n) is 7.18. The van der Waals surface area contributed by atoms with E-state index >= 15 is 0 Å². The summed E-state index contributed by atoms with van der Waals surface area (Å²) >= 11 is 0. The Labute approximate surface area is 159 Å². The molecule has 1 aliphatic carbocycles. The Morgan fingerprint density at radius 1 is 1.22 bits per heavy atom. The number of hydrogen-bond donors (Lipinski definition) is 1. The predicted octanol–water partition coefficient (Wildman–Crippen LogP) is 2.30. The number of imide groups is 1. The minimum atomic E-state index is -0.715. The van der Waals surface area contributed by atoms with Crippen molar-refractivity contribution in [2.24, 2.45) is 0 Å². The third kappa shape index (κ3) is 3.91. The van der Waals surface area contributed by atoms with Crippen molar-refractivity contribution in [3.63, 3.8) is 0 Å². The van der Waals surface area contributed by atoms with Gasteiger partial charge >= 0.3 is 6.03 Å². The van der Waals surface area contributed by atoms with Crippen LogP contribution in [-0.4, -0.2) is 53.4 Å². The van der Waals surface area contributed by atoms with E-state index in [0.717, 1.165) is 24.2 Å². The van der Waals surface area contributed by atoms with Gasteiger partial charge in [-0.2, -0.15) is 0 Å². The summed E-state index contributed by atoms with van der Waals surface area (Å²) in [6, 6.07) is 7.21. The molecule has 1 heterocycles. The van der Waals surface area contributed by atoms with Crippen molar-refractivity contribution < 1.29 is 19.1 Å². The molecular weight excluding hydrogens is 346 g/mol. The van der Waals surface area contributed by atoms with Crippen LogP contribution in [0, 0.1) is 0 Å². The van der Waals surface area contributed by atoms with E-state index in [4.69, 9.17) is 4.74 Å². The number of urea groups is 1. The Balaban J connectivity index is 1.56. The van der Waals surface area contributed by atoms with Crippen LogP contribution in [0.5, 0.6) is 5.75 Å². The molecule has 1 aliphatic heterocycles. The van der Waals surface area contributed by atoms with Crippen molar-refractivity contribution in [2.45, 2.75) is 51.1 Å². The van der Waals surface area contributed by atoms with E-state index < -0.39 is 5.54 Å². The second-order valence-corrected chi connectivity index (χ2v) is 7.18. The van der Waals surface area contributed by atoms with Gasteiger partial charge in [-0.15, -0.1) is 0 Å². The van der Waals surface area contributed by atoms with Gasteiger partial charge in [0.1, 0.15) is 11.3 Å². The number of amides is 4. The predicted molar refractivity (Wildman–Crippen MR) is 100 cm³/mol. The highest BCUT2D eigenvalue weighted by atomic mass is 16.5. The first-order valence-corrected chi connectivity index (χ1v) is 9.54. The highest BCUT2D eigenvalue weighted by Gasteiger charge is 2.52. The zero-order chi connectivity index (χ0) is 19.4. The topological polar surface area (TPSA) is 79.0 Å². The molecule has 146 valence electrons. The number of ether oxygens (including phenoxy) is 1. The van der Waals surface area contributed by atoms with Crippen molar-refractivity contribution in [2.75, 3.05) is 20.2 Å². The molecule has 0 bridgehead atoms. The molecule has 0 atom stereocenters. The highest BCUT2D eigenvalue weighted by Crippen LogP contribution is 2.35. The molecule has 0 unspecified atom stereocenters. The van der Waals surface area contributed by atoms with E-state index in [-0.39, 0.29) is 30.8 Å². The van der Waals surface area contributed by atoms with Gasteiger partial charge in [0.25, 0.3) is 5.91 Å². The fraction of sp³-hybridized carbons (Fsp3) is 0.550. The van der Waals surface area contributed by atoms with Gasteiger partial charge in [-0.05, 0) is 37.5 Å². The lowest BCUT2D eigenvalue weighted by Crippen LogP contribution is -2.44. The summed E-state index contributed by atoms with van der Waals surface area (Å²) in [7, 11) is 1.61. The summed E-state index contributed by atoms with van der Waals surface area (Å²) in [5.74, 6) is 0.532. The Bertz CT molecular complexity index is 710. The Morgan fingerprint density at radius 3 is 2.48 bits per heavy atom. The summed E-state index contributed by atoms with van der Waals surface area (Å²) in [4.78, 5) is 40.4. The summed E-state index contributed by atoms with van der Waals surface area (Å²) < 4.78 is 5.15. The van der Waals surface area contributed by atoms with Gasteiger partial charge in [0.2, 0.25) is 5.91 Å². The van der Waals surface area contributed by atoms with Crippen LogP contribution < -0.4 is 10.1 Å². The molecule has 2 aliphatic rings. The number of carbonyl (C=O) groups is 3. The molecule has 1 saturated carbocycles. The van der Waals surface area contributed by atoms with Crippen molar-refractivity contribution in [1.29, 1.82) is 0 Å². The van der Waals surface area contributed by atoms with Crippen LogP contribution in [0.1, 0.15) is 44.6 Å². The molecule has 1 saturated heterocycles. The average Bonchev–Trinajstić information content (AvgIpc) is 3.24. The summed E-state index contributed by atoms with van der Waals surface area (Å²) in [5, 5.41) is 2.85. The minimum Gasteiger partial charge on any atom is -0.497 e.